The molecule has 0 atom stereocenters. The van der Waals surface area contributed by atoms with Crippen LogP contribution in [0, 0.1) is 0 Å². The standard InChI is InChI=1S/C10H12O2/c1-3-8-4-9(7-11)6-10(5-8)12-2/h3-6,11H,1,7H2,2H3. The van der Waals surface area contributed by atoms with Crippen LogP contribution in [0.3, 0.4) is 0 Å². The fourth-order valence-electron chi connectivity index (χ4n) is 1.01. The van der Waals surface area contributed by atoms with Crippen molar-refractivity contribution in [2.75, 3.05) is 7.11 Å². The first kappa shape index (κ1) is 8.81. The van der Waals surface area contributed by atoms with Gasteiger partial charge in [-0.25, -0.2) is 0 Å². The number of aliphatic hydroxyl groups excluding tert-OH is 1. The van der Waals surface area contributed by atoms with Gasteiger partial charge in [-0.05, 0) is 29.3 Å². The van der Waals surface area contributed by atoms with Crippen LogP contribution in [0.1, 0.15) is 11.1 Å². The van der Waals surface area contributed by atoms with Crippen LogP contribution in [0.5, 0.6) is 5.75 Å². The van der Waals surface area contributed by atoms with Crippen LogP contribution in [0.15, 0.2) is 24.8 Å². The predicted octanol–water partition coefficient (Wildman–Crippen LogP) is 1.83. The number of aliphatic hydroxyl groups is 1. The van der Waals surface area contributed by atoms with Gasteiger partial charge >= 0.3 is 0 Å². The highest BCUT2D eigenvalue weighted by Gasteiger charge is 1.97. The molecular weight excluding hydrogens is 152 g/mol. The van der Waals surface area contributed by atoms with E-state index < -0.39 is 0 Å². The van der Waals surface area contributed by atoms with E-state index in [4.69, 9.17) is 9.84 Å². The number of hydrogen-bond acceptors (Lipinski definition) is 2. The summed E-state index contributed by atoms with van der Waals surface area (Å²) >= 11 is 0. The van der Waals surface area contributed by atoms with Crippen molar-refractivity contribution < 1.29 is 9.84 Å². The molecular formula is C10H12O2. The summed E-state index contributed by atoms with van der Waals surface area (Å²) in [5.74, 6) is 0.747. The van der Waals surface area contributed by atoms with E-state index in [1.165, 1.54) is 0 Å². The summed E-state index contributed by atoms with van der Waals surface area (Å²) in [6.07, 6.45) is 1.72. The van der Waals surface area contributed by atoms with Crippen molar-refractivity contribution in [3.63, 3.8) is 0 Å². The minimum atomic E-state index is 0.0258. The maximum atomic E-state index is 8.89. The normalized spacial score (nSPS) is 9.50. The Morgan fingerprint density at radius 1 is 1.50 bits per heavy atom. The van der Waals surface area contributed by atoms with Crippen molar-refractivity contribution in [3.8, 4) is 5.75 Å². The zero-order valence-corrected chi connectivity index (χ0v) is 7.08. The first-order valence-corrected chi connectivity index (χ1v) is 3.71. The second kappa shape index (κ2) is 3.93. The van der Waals surface area contributed by atoms with Gasteiger partial charge in [0, 0.05) is 0 Å². The van der Waals surface area contributed by atoms with E-state index in [0.29, 0.717) is 0 Å². The Morgan fingerprint density at radius 2 is 2.25 bits per heavy atom. The summed E-state index contributed by atoms with van der Waals surface area (Å²) < 4.78 is 5.04. The molecule has 0 aromatic heterocycles. The van der Waals surface area contributed by atoms with E-state index in [2.05, 4.69) is 6.58 Å². The topological polar surface area (TPSA) is 29.5 Å². The average Bonchev–Trinajstić information content (AvgIpc) is 2.16. The molecule has 0 aliphatic rings. The fourth-order valence-corrected chi connectivity index (χ4v) is 1.01. The molecule has 2 nitrogen and oxygen atoms in total. The second-order valence-corrected chi connectivity index (χ2v) is 2.48. The third kappa shape index (κ3) is 1.86. The monoisotopic (exact) mass is 164 g/mol. The van der Waals surface area contributed by atoms with Gasteiger partial charge in [0.1, 0.15) is 5.75 Å². The Kier molecular flexibility index (Phi) is 2.88. The molecule has 12 heavy (non-hydrogen) atoms. The van der Waals surface area contributed by atoms with Crippen LogP contribution in [-0.4, -0.2) is 12.2 Å². The molecule has 0 fully saturated rings. The van der Waals surface area contributed by atoms with Crippen molar-refractivity contribution >= 4 is 6.08 Å². The number of hydrogen-bond donors (Lipinski definition) is 1. The van der Waals surface area contributed by atoms with Crippen LogP contribution in [0.25, 0.3) is 6.08 Å². The Labute approximate surface area is 72.1 Å². The number of methoxy groups -OCH3 is 1. The molecule has 0 spiro atoms. The lowest BCUT2D eigenvalue weighted by Gasteiger charge is -2.04. The Bertz CT molecular complexity index is 257. The van der Waals surface area contributed by atoms with Crippen LogP contribution >= 0.6 is 0 Å². The van der Waals surface area contributed by atoms with Crippen LogP contribution in [0.4, 0.5) is 0 Å². The summed E-state index contributed by atoms with van der Waals surface area (Å²) in [7, 11) is 1.60. The molecule has 1 N–H and O–H groups in total. The lowest BCUT2D eigenvalue weighted by Crippen LogP contribution is -1.88. The van der Waals surface area contributed by atoms with Gasteiger partial charge in [0.25, 0.3) is 0 Å². The smallest absolute Gasteiger partial charge is 0.119 e. The zero-order chi connectivity index (χ0) is 8.97. The molecule has 0 saturated carbocycles. The minimum absolute atomic E-state index is 0.0258. The van der Waals surface area contributed by atoms with Gasteiger partial charge in [0.2, 0.25) is 0 Å². The summed E-state index contributed by atoms with van der Waals surface area (Å²) in [4.78, 5) is 0. The largest absolute Gasteiger partial charge is 0.497 e. The Morgan fingerprint density at radius 3 is 2.75 bits per heavy atom. The maximum Gasteiger partial charge on any atom is 0.119 e. The second-order valence-electron chi connectivity index (χ2n) is 2.48. The summed E-state index contributed by atoms with van der Waals surface area (Å²) in [6, 6.07) is 5.54. The third-order valence-corrected chi connectivity index (χ3v) is 1.64. The van der Waals surface area contributed by atoms with Crippen LogP contribution in [0.2, 0.25) is 0 Å². The lowest BCUT2D eigenvalue weighted by molar-refractivity contribution is 0.281. The van der Waals surface area contributed by atoms with Gasteiger partial charge in [-0.2, -0.15) is 0 Å². The van der Waals surface area contributed by atoms with E-state index in [-0.39, 0.29) is 6.61 Å². The predicted molar refractivity (Wildman–Crippen MR) is 49.0 cm³/mol. The van der Waals surface area contributed by atoms with Gasteiger partial charge in [-0.15, -0.1) is 0 Å². The highest BCUT2D eigenvalue weighted by atomic mass is 16.5. The van der Waals surface area contributed by atoms with E-state index in [1.807, 2.05) is 12.1 Å². The molecule has 0 saturated heterocycles. The molecule has 0 radical (unpaired) electrons. The SMILES string of the molecule is C=Cc1cc(CO)cc(OC)c1. The molecule has 0 heterocycles. The first-order valence-electron chi connectivity index (χ1n) is 3.71. The Hall–Kier alpha value is -1.28. The molecule has 1 aromatic carbocycles. The number of ether oxygens (including phenoxy) is 1. The van der Waals surface area contributed by atoms with Crippen molar-refractivity contribution in [2.45, 2.75) is 6.61 Å². The average molecular weight is 164 g/mol. The maximum absolute atomic E-state index is 8.89. The van der Waals surface area contributed by atoms with Gasteiger partial charge in [-0.3, -0.25) is 0 Å². The third-order valence-electron chi connectivity index (χ3n) is 1.64. The van der Waals surface area contributed by atoms with Crippen molar-refractivity contribution in [2.24, 2.45) is 0 Å². The minimum Gasteiger partial charge on any atom is -0.497 e. The van der Waals surface area contributed by atoms with Crippen molar-refractivity contribution in [1.82, 2.24) is 0 Å². The van der Waals surface area contributed by atoms with Crippen LogP contribution < -0.4 is 4.74 Å². The van der Waals surface area contributed by atoms with E-state index >= 15 is 0 Å². The van der Waals surface area contributed by atoms with Gasteiger partial charge in [0.15, 0.2) is 0 Å². The van der Waals surface area contributed by atoms with Crippen molar-refractivity contribution in [1.29, 1.82) is 0 Å². The number of benzene rings is 1. The van der Waals surface area contributed by atoms with Gasteiger partial charge < -0.3 is 9.84 Å². The summed E-state index contributed by atoms with van der Waals surface area (Å²) in [5, 5.41) is 8.89. The van der Waals surface area contributed by atoms with E-state index in [1.54, 1.807) is 19.3 Å². The molecule has 0 bridgehead atoms. The molecule has 64 valence electrons. The molecule has 0 unspecified atom stereocenters. The Balaban J connectivity index is 3.09. The summed E-state index contributed by atoms with van der Waals surface area (Å²) in [5.41, 5.74) is 1.79. The molecule has 1 rings (SSSR count). The zero-order valence-electron chi connectivity index (χ0n) is 7.08. The molecule has 0 aliphatic carbocycles. The highest BCUT2D eigenvalue weighted by Crippen LogP contribution is 2.17. The quantitative estimate of drug-likeness (QED) is 0.738. The van der Waals surface area contributed by atoms with Crippen LogP contribution in [-0.2, 0) is 6.61 Å². The highest BCUT2D eigenvalue weighted by molar-refractivity contribution is 5.51. The fraction of sp³-hybridized carbons (Fsp3) is 0.200. The molecule has 0 aliphatic heterocycles. The molecule has 2 heteroatoms. The molecule has 1 aromatic rings. The summed E-state index contributed by atoms with van der Waals surface area (Å²) in [6.45, 7) is 3.67. The molecule has 0 amide bonds. The van der Waals surface area contributed by atoms with E-state index in [9.17, 15) is 0 Å². The van der Waals surface area contributed by atoms with Gasteiger partial charge in [-0.1, -0.05) is 12.7 Å². The first-order chi connectivity index (χ1) is 5.80. The number of rotatable bonds is 3. The van der Waals surface area contributed by atoms with E-state index in [0.717, 1.165) is 16.9 Å². The van der Waals surface area contributed by atoms with Gasteiger partial charge in [0.05, 0.1) is 13.7 Å². The van der Waals surface area contributed by atoms with Crippen molar-refractivity contribution in [3.05, 3.63) is 35.9 Å². The lowest BCUT2D eigenvalue weighted by atomic mass is 10.1.